The first kappa shape index (κ1) is 19.8. The molecule has 1 fully saturated rings. The predicted octanol–water partition coefficient (Wildman–Crippen LogP) is 1.58. The van der Waals surface area contributed by atoms with Gasteiger partial charge in [0, 0.05) is 18.5 Å². The predicted molar refractivity (Wildman–Crippen MR) is 90.6 cm³/mol. The van der Waals surface area contributed by atoms with E-state index in [1.807, 2.05) is 20.8 Å². The number of anilines is 1. The Balaban J connectivity index is 0.00000264. The van der Waals surface area contributed by atoms with E-state index in [1.165, 1.54) is 7.11 Å². The summed E-state index contributed by atoms with van der Waals surface area (Å²) in [6.07, 6.45) is -0.544. The number of halogens is 1. The first-order chi connectivity index (χ1) is 10.3. The van der Waals surface area contributed by atoms with Gasteiger partial charge in [0.1, 0.15) is 11.0 Å². The smallest absolute Gasteiger partial charge is 0.350 e. The van der Waals surface area contributed by atoms with E-state index >= 15 is 0 Å². The fraction of sp³-hybridized carbons (Fsp3) is 0.643. The quantitative estimate of drug-likeness (QED) is 0.792. The fourth-order valence-electron chi connectivity index (χ4n) is 2.03. The minimum Gasteiger partial charge on any atom is -0.465 e. The maximum absolute atomic E-state index is 12.2. The lowest BCUT2D eigenvalue weighted by atomic mass is 9.91. The molecule has 0 aliphatic carbocycles. The number of nitrogens with one attached hydrogen (secondary N) is 2. The number of hydrogen-bond acceptors (Lipinski definition) is 7. The lowest BCUT2D eigenvalue weighted by molar-refractivity contribution is -0.128. The van der Waals surface area contributed by atoms with E-state index in [-0.39, 0.29) is 23.7 Å². The third-order valence-corrected chi connectivity index (χ3v) is 4.11. The Morgan fingerprint density at radius 2 is 2.13 bits per heavy atom. The third kappa shape index (κ3) is 4.87. The van der Waals surface area contributed by atoms with Crippen molar-refractivity contribution in [3.63, 3.8) is 0 Å². The molecule has 0 spiro atoms. The van der Waals surface area contributed by atoms with Crippen LogP contribution < -0.4 is 10.6 Å². The zero-order chi connectivity index (χ0) is 16.3. The molecule has 1 aromatic rings. The molecule has 0 saturated carbocycles. The summed E-state index contributed by atoms with van der Waals surface area (Å²) in [6, 6.07) is 0. The van der Waals surface area contributed by atoms with Crippen molar-refractivity contribution in [3.05, 3.63) is 10.6 Å². The monoisotopic (exact) mass is 363 g/mol. The van der Waals surface area contributed by atoms with Crippen molar-refractivity contribution >= 4 is 40.8 Å². The Morgan fingerprint density at radius 1 is 1.43 bits per heavy atom. The number of rotatable bonds is 3. The van der Waals surface area contributed by atoms with Gasteiger partial charge in [0.15, 0.2) is 5.13 Å². The first-order valence-electron chi connectivity index (χ1n) is 7.05. The van der Waals surface area contributed by atoms with Crippen LogP contribution in [0.2, 0.25) is 0 Å². The molecule has 2 heterocycles. The standard InChI is InChI=1S/C14H21N3O4S.ClH/c1-14(2,3)10-9(12(19)20-4)22-13(16-10)17-11(18)8-7-15-5-6-21-8;/h8,15H,5-7H2,1-4H3,(H,16,17,18);1H. The number of thiazole rings is 1. The Labute approximate surface area is 145 Å². The first-order valence-corrected chi connectivity index (χ1v) is 7.87. The highest BCUT2D eigenvalue weighted by molar-refractivity contribution is 7.17. The van der Waals surface area contributed by atoms with Crippen molar-refractivity contribution in [1.29, 1.82) is 0 Å². The van der Waals surface area contributed by atoms with Gasteiger partial charge >= 0.3 is 5.97 Å². The molecule has 1 aliphatic rings. The van der Waals surface area contributed by atoms with Crippen LogP contribution in [0.1, 0.15) is 36.1 Å². The largest absolute Gasteiger partial charge is 0.465 e. The van der Waals surface area contributed by atoms with E-state index in [2.05, 4.69) is 15.6 Å². The van der Waals surface area contributed by atoms with Gasteiger partial charge in [-0.2, -0.15) is 0 Å². The van der Waals surface area contributed by atoms with Crippen LogP contribution in [-0.2, 0) is 19.7 Å². The SMILES string of the molecule is COC(=O)c1sc(NC(=O)C2CNCCO2)nc1C(C)(C)C.Cl. The number of methoxy groups -OCH3 is 1. The number of carbonyl (C=O) groups excluding carboxylic acids is 2. The molecule has 1 aliphatic heterocycles. The lowest BCUT2D eigenvalue weighted by Gasteiger charge is -2.22. The van der Waals surface area contributed by atoms with Crippen LogP contribution in [0, 0.1) is 0 Å². The number of aromatic nitrogens is 1. The Kier molecular flexibility index (Phi) is 6.94. The minimum absolute atomic E-state index is 0. The zero-order valence-electron chi connectivity index (χ0n) is 13.6. The number of esters is 1. The van der Waals surface area contributed by atoms with E-state index in [4.69, 9.17) is 9.47 Å². The molecule has 0 radical (unpaired) electrons. The van der Waals surface area contributed by atoms with E-state index < -0.39 is 12.1 Å². The molecule has 1 saturated heterocycles. The number of nitrogens with zero attached hydrogens (tertiary/aromatic N) is 1. The zero-order valence-corrected chi connectivity index (χ0v) is 15.2. The van der Waals surface area contributed by atoms with E-state index in [9.17, 15) is 9.59 Å². The van der Waals surface area contributed by atoms with Crippen molar-refractivity contribution in [1.82, 2.24) is 10.3 Å². The molecule has 0 bridgehead atoms. The molecule has 1 atom stereocenters. The average molecular weight is 364 g/mol. The third-order valence-electron chi connectivity index (χ3n) is 3.16. The van der Waals surface area contributed by atoms with Crippen LogP contribution in [0.5, 0.6) is 0 Å². The molecule has 23 heavy (non-hydrogen) atoms. The lowest BCUT2D eigenvalue weighted by Crippen LogP contribution is -2.45. The number of ether oxygens (including phenoxy) is 2. The topological polar surface area (TPSA) is 89.5 Å². The van der Waals surface area contributed by atoms with Crippen molar-refractivity contribution in [2.45, 2.75) is 32.3 Å². The molecule has 130 valence electrons. The molecule has 1 unspecified atom stereocenters. The summed E-state index contributed by atoms with van der Waals surface area (Å²) in [4.78, 5) is 28.8. The fourth-order valence-corrected chi connectivity index (χ4v) is 3.13. The van der Waals surface area contributed by atoms with Gasteiger partial charge < -0.3 is 14.8 Å². The van der Waals surface area contributed by atoms with Gasteiger partial charge in [-0.05, 0) is 0 Å². The van der Waals surface area contributed by atoms with Crippen molar-refractivity contribution < 1.29 is 19.1 Å². The highest BCUT2D eigenvalue weighted by Crippen LogP contribution is 2.32. The second-order valence-corrected chi connectivity index (χ2v) is 6.99. The Bertz CT molecular complexity index is 565. The Morgan fingerprint density at radius 3 is 2.65 bits per heavy atom. The molecule has 2 rings (SSSR count). The molecule has 0 aromatic carbocycles. The van der Waals surface area contributed by atoms with Crippen LogP contribution in [0.4, 0.5) is 5.13 Å². The van der Waals surface area contributed by atoms with E-state index in [0.29, 0.717) is 28.9 Å². The van der Waals surface area contributed by atoms with Gasteiger partial charge in [0.2, 0.25) is 0 Å². The average Bonchev–Trinajstić information content (AvgIpc) is 2.91. The summed E-state index contributed by atoms with van der Waals surface area (Å²) in [5.41, 5.74) is 0.286. The van der Waals surface area contributed by atoms with Crippen molar-refractivity contribution in [2.24, 2.45) is 0 Å². The van der Waals surface area contributed by atoms with Crippen LogP contribution >= 0.6 is 23.7 Å². The van der Waals surface area contributed by atoms with Gasteiger partial charge in [-0.15, -0.1) is 12.4 Å². The number of hydrogen-bond donors (Lipinski definition) is 2. The van der Waals surface area contributed by atoms with Crippen molar-refractivity contribution in [3.8, 4) is 0 Å². The molecule has 1 amide bonds. The second-order valence-electron chi connectivity index (χ2n) is 5.99. The van der Waals surface area contributed by atoms with Crippen molar-refractivity contribution in [2.75, 3.05) is 32.1 Å². The summed E-state index contributed by atoms with van der Waals surface area (Å²) >= 11 is 1.12. The highest BCUT2D eigenvalue weighted by atomic mass is 35.5. The van der Waals surface area contributed by atoms with E-state index in [0.717, 1.165) is 17.9 Å². The van der Waals surface area contributed by atoms with Gasteiger partial charge in [-0.3, -0.25) is 10.1 Å². The number of carbonyl (C=O) groups is 2. The van der Waals surface area contributed by atoms with Gasteiger partial charge in [-0.1, -0.05) is 32.1 Å². The minimum atomic E-state index is -0.544. The maximum Gasteiger partial charge on any atom is 0.350 e. The molecule has 7 nitrogen and oxygen atoms in total. The summed E-state index contributed by atoms with van der Waals surface area (Å²) in [6.45, 7) is 7.56. The molecular weight excluding hydrogens is 342 g/mol. The summed E-state index contributed by atoms with van der Waals surface area (Å²) in [5.74, 6) is -0.712. The highest BCUT2D eigenvalue weighted by Gasteiger charge is 2.29. The summed E-state index contributed by atoms with van der Waals surface area (Å²) in [7, 11) is 1.33. The maximum atomic E-state index is 12.2. The second kappa shape index (κ2) is 8.05. The Hall–Kier alpha value is -1.22. The number of morpholine rings is 1. The van der Waals surface area contributed by atoms with E-state index in [1.54, 1.807) is 0 Å². The van der Waals surface area contributed by atoms with Crippen LogP contribution in [-0.4, -0.2) is 49.8 Å². The van der Waals surface area contributed by atoms with Crippen LogP contribution in [0.25, 0.3) is 0 Å². The molecular formula is C14H22ClN3O4S. The van der Waals surface area contributed by atoms with Gasteiger partial charge in [-0.25, -0.2) is 9.78 Å². The molecule has 1 aromatic heterocycles. The number of amides is 1. The van der Waals surface area contributed by atoms with Gasteiger partial charge in [0.25, 0.3) is 5.91 Å². The van der Waals surface area contributed by atoms with Gasteiger partial charge in [0.05, 0.1) is 19.4 Å². The normalized spacial score (nSPS) is 18.0. The van der Waals surface area contributed by atoms with Crippen LogP contribution in [0.15, 0.2) is 0 Å². The molecule has 9 heteroatoms. The molecule has 2 N–H and O–H groups in total. The summed E-state index contributed by atoms with van der Waals surface area (Å²) in [5, 5.41) is 6.19. The summed E-state index contributed by atoms with van der Waals surface area (Å²) < 4.78 is 10.2. The van der Waals surface area contributed by atoms with Crippen LogP contribution in [0.3, 0.4) is 0 Å².